The lowest BCUT2D eigenvalue weighted by Crippen LogP contribution is -2.23. The third kappa shape index (κ3) is 4.02. The van der Waals surface area contributed by atoms with Gasteiger partial charge in [-0.05, 0) is 48.9 Å². The highest BCUT2D eigenvalue weighted by Gasteiger charge is 2.22. The van der Waals surface area contributed by atoms with Crippen molar-refractivity contribution < 1.29 is 14.0 Å². The molecular formula is C22H18N2O3S. The van der Waals surface area contributed by atoms with Crippen molar-refractivity contribution in [3.05, 3.63) is 88.2 Å². The molecule has 0 unspecified atom stereocenters. The zero-order valence-electron chi connectivity index (χ0n) is 15.2. The van der Waals surface area contributed by atoms with Gasteiger partial charge in [-0.3, -0.25) is 9.59 Å². The van der Waals surface area contributed by atoms with Crippen molar-refractivity contribution in [2.75, 3.05) is 5.32 Å². The van der Waals surface area contributed by atoms with E-state index in [-0.39, 0.29) is 11.8 Å². The molecule has 2 heterocycles. The van der Waals surface area contributed by atoms with Gasteiger partial charge in [0.2, 0.25) is 0 Å². The summed E-state index contributed by atoms with van der Waals surface area (Å²) in [5.41, 5.74) is 3.25. The van der Waals surface area contributed by atoms with Gasteiger partial charge in [-0.15, -0.1) is 0 Å². The smallest absolute Gasteiger partial charge is 0.262 e. The molecule has 4 rings (SSSR count). The third-order valence-electron chi connectivity index (χ3n) is 4.28. The quantitative estimate of drug-likeness (QED) is 0.639. The molecule has 28 heavy (non-hydrogen) atoms. The number of nitrogens with one attached hydrogen (secondary N) is 2. The van der Waals surface area contributed by atoms with Crippen LogP contribution in [0.4, 0.5) is 5.69 Å². The second-order valence-corrected chi connectivity index (χ2v) is 7.54. The van der Waals surface area contributed by atoms with Gasteiger partial charge in [0.25, 0.3) is 11.8 Å². The number of thioether (sulfide) groups is 1. The van der Waals surface area contributed by atoms with Crippen LogP contribution in [0.3, 0.4) is 0 Å². The minimum Gasteiger partial charge on any atom is -0.467 e. The minimum atomic E-state index is -0.223. The van der Waals surface area contributed by atoms with Gasteiger partial charge in [-0.1, -0.05) is 41.6 Å². The van der Waals surface area contributed by atoms with Crippen LogP contribution in [0.15, 0.2) is 75.1 Å². The molecular weight excluding hydrogens is 372 g/mol. The largest absolute Gasteiger partial charge is 0.467 e. The Bertz CT molecular complexity index is 1070. The summed E-state index contributed by atoms with van der Waals surface area (Å²) in [6.45, 7) is 2.33. The molecule has 2 amide bonds. The van der Waals surface area contributed by atoms with Crippen molar-refractivity contribution in [3.8, 4) is 0 Å². The molecule has 2 N–H and O–H groups in total. The maximum absolute atomic E-state index is 12.5. The number of aryl methyl sites for hydroxylation is 1. The summed E-state index contributed by atoms with van der Waals surface area (Å²) in [6.07, 6.45) is 3.44. The highest BCUT2D eigenvalue weighted by atomic mass is 32.2. The normalized spacial score (nSPS) is 14.5. The first-order valence-electron chi connectivity index (χ1n) is 8.81. The Balaban J connectivity index is 1.51. The molecule has 6 heteroatoms. The maximum atomic E-state index is 12.5. The van der Waals surface area contributed by atoms with Gasteiger partial charge in [0, 0.05) is 10.5 Å². The lowest BCUT2D eigenvalue weighted by molar-refractivity contribution is -0.112. The summed E-state index contributed by atoms with van der Waals surface area (Å²) in [6, 6.07) is 16.9. The van der Waals surface area contributed by atoms with E-state index < -0.39 is 0 Å². The van der Waals surface area contributed by atoms with Gasteiger partial charge >= 0.3 is 0 Å². The van der Waals surface area contributed by atoms with Crippen molar-refractivity contribution in [1.29, 1.82) is 0 Å². The van der Waals surface area contributed by atoms with E-state index in [0.717, 1.165) is 16.0 Å². The summed E-state index contributed by atoms with van der Waals surface area (Å²) < 4.78 is 5.21. The molecule has 1 aromatic heterocycles. The van der Waals surface area contributed by atoms with Gasteiger partial charge < -0.3 is 15.1 Å². The van der Waals surface area contributed by atoms with Crippen LogP contribution in [0.1, 0.15) is 27.2 Å². The number of fused-ring (bicyclic) bond motifs is 1. The van der Waals surface area contributed by atoms with E-state index in [0.29, 0.717) is 28.5 Å². The Morgan fingerprint density at radius 2 is 2.07 bits per heavy atom. The van der Waals surface area contributed by atoms with E-state index in [1.807, 2.05) is 43.3 Å². The number of anilines is 1. The predicted octanol–water partition coefficient (Wildman–Crippen LogP) is 4.60. The van der Waals surface area contributed by atoms with Crippen LogP contribution in [-0.4, -0.2) is 11.8 Å². The zero-order valence-corrected chi connectivity index (χ0v) is 16.0. The van der Waals surface area contributed by atoms with Gasteiger partial charge in [0.1, 0.15) is 5.76 Å². The molecule has 2 aromatic carbocycles. The monoisotopic (exact) mass is 390 g/mol. The topological polar surface area (TPSA) is 71.3 Å². The fraction of sp³-hybridized carbons (Fsp3) is 0.0909. The Labute approximate surface area is 166 Å². The van der Waals surface area contributed by atoms with Crippen LogP contribution in [0.2, 0.25) is 0 Å². The summed E-state index contributed by atoms with van der Waals surface area (Å²) in [4.78, 5) is 26.4. The lowest BCUT2D eigenvalue weighted by atomic mass is 10.1. The number of carbonyl (C=O) groups is 2. The Morgan fingerprint density at radius 3 is 2.86 bits per heavy atom. The van der Waals surface area contributed by atoms with Crippen LogP contribution < -0.4 is 10.6 Å². The van der Waals surface area contributed by atoms with Crippen molar-refractivity contribution in [2.45, 2.75) is 18.4 Å². The average Bonchev–Trinajstić information content (AvgIpc) is 3.20. The number of furan rings is 1. The number of benzene rings is 2. The molecule has 5 nitrogen and oxygen atoms in total. The number of amides is 2. The molecule has 0 saturated heterocycles. The summed E-state index contributed by atoms with van der Waals surface area (Å²) in [5, 5.41) is 5.69. The van der Waals surface area contributed by atoms with Crippen LogP contribution in [-0.2, 0) is 11.3 Å². The van der Waals surface area contributed by atoms with E-state index in [2.05, 4.69) is 10.6 Å². The number of rotatable bonds is 4. The van der Waals surface area contributed by atoms with Crippen molar-refractivity contribution in [1.82, 2.24) is 5.32 Å². The first-order chi connectivity index (χ1) is 13.6. The highest BCUT2D eigenvalue weighted by molar-refractivity contribution is 8.04. The Hall–Kier alpha value is -3.25. The zero-order chi connectivity index (χ0) is 19.5. The molecule has 0 aliphatic carbocycles. The van der Waals surface area contributed by atoms with Crippen LogP contribution >= 0.6 is 11.8 Å². The number of carbonyl (C=O) groups excluding carboxylic acids is 2. The van der Waals surface area contributed by atoms with E-state index in [1.54, 1.807) is 30.5 Å². The Morgan fingerprint density at radius 1 is 1.18 bits per heavy atom. The average molecular weight is 390 g/mol. The van der Waals surface area contributed by atoms with Gasteiger partial charge in [-0.2, -0.15) is 0 Å². The highest BCUT2D eigenvalue weighted by Crippen LogP contribution is 2.39. The molecule has 0 fully saturated rings. The minimum absolute atomic E-state index is 0.174. The predicted molar refractivity (Wildman–Crippen MR) is 110 cm³/mol. The lowest BCUT2D eigenvalue weighted by Gasteiger charge is -2.19. The molecule has 0 bridgehead atoms. The third-order valence-corrected chi connectivity index (χ3v) is 5.38. The first-order valence-corrected chi connectivity index (χ1v) is 9.62. The molecule has 140 valence electrons. The molecule has 1 aliphatic rings. The summed E-state index contributed by atoms with van der Waals surface area (Å²) in [7, 11) is 0. The van der Waals surface area contributed by atoms with Crippen LogP contribution in [0.5, 0.6) is 0 Å². The first kappa shape index (κ1) is 18.1. The van der Waals surface area contributed by atoms with Crippen molar-refractivity contribution in [2.24, 2.45) is 0 Å². The van der Waals surface area contributed by atoms with Crippen LogP contribution in [0, 0.1) is 6.92 Å². The fourth-order valence-corrected chi connectivity index (χ4v) is 3.83. The van der Waals surface area contributed by atoms with Crippen molar-refractivity contribution in [3.63, 3.8) is 0 Å². The standard InChI is InChI=1S/C22H18N2O3S/c1-14-4-2-5-15(10-14)11-20-22(26)24-18-12-16(7-8-19(18)28-20)21(25)23-13-17-6-3-9-27-17/h2-12H,13H2,1H3,(H,23,25)(H,24,26)/b20-11+. The van der Waals surface area contributed by atoms with Gasteiger partial charge in [0.05, 0.1) is 23.4 Å². The summed E-state index contributed by atoms with van der Waals surface area (Å²) >= 11 is 1.40. The van der Waals surface area contributed by atoms with Gasteiger partial charge in [-0.25, -0.2) is 0 Å². The second kappa shape index (κ2) is 7.78. The molecule has 1 aliphatic heterocycles. The van der Waals surface area contributed by atoms with E-state index in [4.69, 9.17) is 4.42 Å². The Kier molecular flexibility index (Phi) is 5.04. The number of hydrogen-bond donors (Lipinski definition) is 2. The molecule has 0 atom stereocenters. The number of hydrogen-bond acceptors (Lipinski definition) is 4. The molecule has 0 radical (unpaired) electrons. The second-order valence-electron chi connectivity index (χ2n) is 6.45. The summed E-state index contributed by atoms with van der Waals surface area (Å²) in [5.74, 6) is 0.285. The molecule has 0 saturated carbocycles. The molecule has 3 aromatic rings. The van der Waals surface area contributed by atoms with Crippen LogP contribution in [0.25, 0.3) is 6.08 Å². The van der Waals surface area contributed by atoms with E-state index in [9.17, 15) is 9.59 Å². The van der Waals surface area contributed by atoms with Crippen molar-refractivity contribution >= 4 is 35.3 Å². The van der Waals surface area contributed by atoms with Gasteiger partial charge in [0.15, 0.2) is 0 Å². The fourth-order valence-electron chi connectivity index (χ4n) is 2.90. The van der Waals surface area contributed by atoms with E-state index in [1.165, 1.54) is 11.8 Å². The maximum Gasteiger partial charge on any atom is 0.262 e. The SMILES string of the molecule is Cc1cccc(/C=C2/Sc3ccc(C(=O)NCc4ccco4)cc3NC2=O)c1. The van der Waals surface area contributed by atoms with E-state index >= 15 is 0 Å². The molecule has 0 spiro atoms.